The molecule has 30 heavy (non-hydrogen) atoms. The van der Waals surface area contributed by atoms with Crippen molar-refractivity contribution in [2.75, 3.05) is 19.8 Å². The number of unbranched alkanes of at least 4 members (excludes halogenated alkanes) is 2. The zero-order valence-corrected chi connectivity index (χ0v) is 23.5. The van der Waals surface area contributed by atoms with Gasteiger partial charge in [0.1, 0.15) is 5.60 Å². The zero-order valence-electron chi connectivity index (χ0n) is 21.5. The van der Waals surface area contributed by atoms with E-state index in [0.717, 1.165) is 19.3 Å². The third-order valence-corrected chi connectivity index (χ3v) is 15.4. The number of hydrogen-bond donors (Lipinski definition) is 1. The summed E-state index contributed by atoms with van der Waals surface area (Å²) in [7, 11) is -3.98. The first-order chi connectivity index (χ1) is 13.3. The first kappa shape index (κ1) is 29.5. The van der Waals surface area contributed by atoms with Gasteiger partial charge in [-0.3, -0.25) is 4.79 Å². The maximum atomic E-state index is 11.4. The van der Waals surface area contributed by atoms with E-state index in [1.807, 2.05) is 12.2 Å². The number of carbonyl (C=O) groups is 1. The molecule has 0 aliphatic rings. The van der Waals surface area contributed by atoms with Crippen LogP contribution in [0.25, 0.3) is 0 Å². The Kier molecular flexibility index (Phi) is 11.2. The van der Waals surface area contributed by atoms with Gasteiger partial charge in [-0.1, -0.05) is 53.7 Å². The lowest BCUT2D eigenvalue weighted by Gasteiger charge is -2.41. The summed E-state index contributed by atoms with van der Waals surface area (Å²) >= 11 is 0. The molecule has 0 aliphatic heterocycles. The lowest BCUT2D eigenvalue weighted by molar-refractivity contribution is -0.141. The van der Waals surface area contributed by atoms with E-state index in [-0.39, 0.29) is 29.3 Å². The molecular formula is C23H48O5Si2. The van der Waals surface area contributed by atoms with Crippen LogP contribution in [0.5, 0.6) is 0 Å². The highest BCUT2D eigenvalue weighted by molar-refractivity contribution is 6.74. The number of aliphatic hydroxyl groups is 1. The molecule has 0 radical (unpaired) electrons. The molecule has 0 fully saturated rings. The van der Waals surface area contributed by atoms with Crippen LogP contribution >= 0.6 is 0 Å². The smallest absolute Gasteiger partial charge is 0.302 e. The molecule has 0 aromatic rings. The predicted molar refractivity (Wildman–Crippen MR) is 131 cm³/mol. The molecule has 0 aliphatic carbocycles. The van der Waals surface area contributed by atoms with Crippen molar-refractivity contribution in [1.29, 1.82) is 0 Å². The summed E-state index contributed by atoms with van der Waals surface area (Å²) in [6.07, 6.45) is 6.36. The quantitative estimate of drug-likeness (QED) is 0.166. The number of carbonyl (C=O) groups excluding carboxylic acids is 1. The van der Waals surface area contributed by atoms with Gasteiger partial charge in [0.05, 0.1) is 19.8 Å². The van der Waals surface area contributed by atoms with E-state index in [4.69, 9.17) is 13.6 Å². The maximum absolute atomic E-state index is 11.4. The van der Waals surface area contributed by atoms with Gasteiger partial charge in [0.2, 0.25) is 0 Å². The van der Waals surface area contributed by atoms with E-state index in [0.29, 0.717) is 6.61 Å². The van der Waals surface area contributed by atoms with Gasteiger partial charge in [-0.15, -0.1) is 0 Å². The average molecular weight is 461 g/mol. The van der Waals surface area contributed by atoms with Crippen LogP contribution in [-0.4, -0.2) is 53.1 Å². The second-order valence-corrected chi connectivity index (χ2v) is 21.1. The van der Waals surface area contributed by atoms with Crippen LogP contribution in [0.4, 0.5) is 0 Å². The summed E-state index contributed by atoms with van der Waals surface area (Å²) in [5.41, 5.74) is -1.15. The van der Waals surface area contributed by atoms with Gasteiger partial charge in [0, 0.05) is 6.92 Å². The molecule has 1 N–H and O–H groups in total. The van der Waals surface area contributed by atoms with Crippen LogP contribution in [0.3, 0.4) is 0 Å². The predicted octanol–water partition coefficient (Wildman–Crippen LogP) is 6.05. The first-order valence-corrected chi connectivity index (χ1v) is 17.0. The fourth-order valence-electron chi connectivity index (χ4n) is 2.06. The van der Waals surface area contributed by atoms with Gasteiger partial charge in [0.15, 0.2) is 16.6 Å². The zero-order chi connectivity index (χ0) is 23.9. The Hall–Kier alpha value is -0.476. The fourth-order valence-corrected chi connectivity index (χ4v) is 4.15. The van der Waals surface area contributed by atoms with Crippen LogP contribution < -0.4 is 0 Å². The van der Waals surface area contributed by atoms with E-state index in [1.165, 1.54) is 6.92 Å². The van der Waals surface area contributed by atoms with Crippen molar-refractivity contribution in [1.82, 2.24) is 0 Å². The number of esters is 1. The Morgan fingerprint density at radius 3 is 1.67 bits per heavy atom. The van der Waals surface area contributed by atoms with Gasteiger partial charge < -0.3 is 18.7 Å². The highest BCUT2D eigenvalue weighted by Crippen LogP contribution is 2.39. The third kappa shape index (κ3) is 10.7. The lowest BCUT2D eigenvalue weighted by atomic mass is 10.1. The van der Waals surface area contributed by atoms with Crippen molar-refractivity contribution in [3.63, 3.8) is 0 Å². The summed E-state index contributed by atoms with van der Waals surface area (Å²) in [4.78, 5) is 10.8. The van der Waals surface area contributed by atoms with E-state index in [2.05, 4.69) is 67.7 Å². The number of rotatable bonds is 12. The van der Waals surface area contributed by atoms with E-state index in [1.54, 1.807) is 0 Å². The van der Waals surface area contributed by atoms with Crippen LogP contribution in [-0.2, 0) is 18.4 Å². The molecule has 0 spiro atoms. The molecule has 178 valence electrons. The van der Waals surface area contributed by atoms with Crippen molar-refractivity contribution in [3.8, 4) is 0 Å². The minimum atomic E-state index is -1.99. The normalized spacial score (nSPS) is 14.4. The summed E-state index contributed by atoms with van der Waals surface area (Å²) in [5.74, 6) is -0.245. The Morgan fingerprint density at radius 1 is 0.867 bits per heavy atom. The molecule has 0 bridgehead atoms. The average Bonchev–Trinajstić information content (AvgIpc) is 2.55. The molecule has 0 saturated heterocycles. The van der Waals surface area contributed by atoms with Gasteiger partial charge >= 0.3 is 5.97 Å². The molecule has 0 rings (SSSR count). The van der Waals surface area contributed by atoms with E-state index < -0.39 is 22.2 Å². The van der Waals surface area contributed by atoms with Gasteiger partial charge in [-0.05, 0) is 55.5 Å². The van der Waals surface area contributed by atoms with E-state index in [9.17, 15) is 9.90 Å². The van der Waals surface area contributed by atoms with Crippen LogP contribution in [0.15, 0.2) is 12.2 Å². The molecule has 0 aromatic heterocycles. The largest absolute Gasteiger partial charge is 0.466 e. The summed E-state index contributed by atoms with van der Waals surface area (Å²) < 4.78 is 17.7. The minimum Gasteiger partial charge on any atom is -0.466 e. The molecule has 0 heterocycles. The standard InChI is InChI=1S/C23H48O5Si2/c1-20(24)26-17-15-13-12-14-16-23(25,18-27-29(8,9)21(2,3)4)19-28-30(10,11)22(5,6)7/h14,16,25H,12-13,15,17-19H2,1-11H3. The van der Waals surface area contributed by atoms with Crippen molar-refractivity contribution < 1.29 is 23.5 Å². The molecular weight excluding hydrogens is 412 g/mol. The van der Waals surface area contributed by atoms with Gasteiger partial charge in [-0.2, -0.15) is 0 Å². The van der Waals surface area contributed by atoms with Crippen molar-refractivity contribution in [3.05, 3.63) is 12.2 Å². The SMILES string of the molecule is CC(=O)OCCCCC=CC(O)(CO[Si](C)(C)C(C)(C)C)CO[Si](C)(C)C(C)(C)C. The Labute approximate surface area is 187 Å². The van der Waals surface area contributed by atoms with Crippen LogP contribution in [0.1, 0.15) is 67.7 Å². The monoisotopic (exact) mass is 460 g/mol. The van der Waals surface area contributed by atoms with E-state index >= 15 is 0 Å². The maximum Gasteiger partial charge on any atom is 0.302 e. The van der Waals surface area contributed by atoms with Crippen LogP contribution in [0.2, 0.25) is 36.3 Å². The lowest BCUT2D eigenvalue weighted by Crippen LogP contribution is -2.50. The Bertz CT molecular complexity index is 527. The molecule has 0 aromatic carbocycles. The van der Waals surface area contributed by atoms with Crippen molar-refractivity contribution in [2.45, 2.75) is 110 Å². The first-order valence-electron chi connectivity index (χ1n) is 11.1. The summed E-state index contributed by atoms with van der Waals surface area (Å²) in [5, 5.41) is 11.5. The van der Waals surface area contributed by atoms with Gasteiger partial charge in [0.25, 0.3) is 0 Å². The third-order valence-electron chi connectivity index (χ3n) is 6.48. The highest BCUT2D eigenvalue weighted by Gasteiger charge is 2.42. The molecule has 0 atom stereocenters. The molecule has 0 amide bonds. The molecule has 0 saturated carbocycles. The molecule has 0 unspecified atom stereocenters. The second kappa shape index (κ2) is 11.4. The molecule has 5 nitrogen and oxygen atoms in total. The van der Waals surface area contributed by atoms with Crippen molar-refractivity contribution in [2.24, 2.45) is 0 Å². The molecule has 7 heteroatoms. The Morgan fingerprint density at radius 2 is 1.30 bits per heavy atom. The van der Waals surface area contributed by atoms with Crippen molar-refractivity contribution >= 4 is 22.6 Å². The minimum absolute atomic E-state index is 0.0780. The number of allylic oxidation sites excluding steroid dienone is 1. The summed E-state index contributed by atoms with van der Waals surface area (Å²) in [6.45, 7) is 24.3. The highest BCUT2D eigenvalue weighted by atomic mass is 28.4. The number of hydrogen-bond acceptors (Lipinski definition) is 5. The topological polar surface area (TPSA) is 65.0 Å². The Balaban J connectivity index is 5.11. The summed E-state index contributed by atoms with van der Waals surface area (Å²) in [6, 6.07) is 0. The van der Waals surface area contributed by atoms with Gasteiger partial charge in [-0.25, -0.2) is 0 Å². The van der Waals surface area contributed by atoms with Crippen LogP contribution in [0, 0.1) is 0 Å². The second-order valence-electron chi connectivity index (χ2n) is 11.4. The fraction of sp³-hybridized carbons (Fsp3) is 0.870. The number of ether oxygens (including phenoxy) is 1.